The molecular formula is C15H17ClN4. The molecule has 20 heavy (non-hydrogen) atoms. The molecule has 0 radical (unpaired) electrons. The van der Waals surface area contributed by atoms with Crippen molar-refractivity contribution < 1.29 is 0 Å². The van der Waals surface area contributed by atoms with Gasteiger partial charge in [-0.2, -0.15) is 0 Å². The maximum absolute atomic E-state index is 5.92. The van der Waals surface area contributed by atoms with Gasteiger partial charge in [-0.25, -0.2) is 9.97 Å². The van der Waals surface area contributed by atoms with Gasteiger partial charge in [-0.15, -0.1) is 0 Å². The molecule has 5 heteroatoms. The van der Waals surface area contributed by atoms with Crippen molar-refractivity contribution in [1.82, 2.24) is 15.3 Å². The summed E-state index contributed by atoms with van der Waals surface area (Å²) in [6, 6.07) is 8.06. The third-order valence-electron chi connectivity index (χ3n) is 3.60. The fourth-order valence-corrected chi connectivity index (χ4v) is 2.56. The lowest BCUT2D eigenvalue weighted by Gasteiger charge is -2.22. The molecule has 2 aromatic rings. The van der Waals surface area contributed by atoms with Crippen molar-refractivity contribution in [3.8, 4) is 0 Å². The number of nitrogens with one attached hydrogen (secondary N) is 2. The van der Waals surface area contributed by atoms with Crippen molar-refractivity contribution in [3.63, 3.8) is 0 Å². The largest absolute Gasteiger partial charge is 0.363 e. The second kappa shape index (κ2) is 5.77. The summed E-state index contributed by atoms with van der Waals surface area (Å²) < 4.78 is 0. The van der Waals surface area contributed by atoms with Gasteiger partial charge < -0.3 is 10.6 Å². The van der Waals surface area contributed by atoms with Gasteiger partial charge in [-0.05, 0) is 24.6 Å². The Morgan fingerprint density at radius 3 is 2.85 bits per heavy atom. The maximum Gasteiger partial charge on any atom is 0.134 e. The highest BCUT2D eigenvalue weighted by molar-refractivity contribution is 6.30. The van der Waals surface area contributed by atoms with Crippen LogP contribution in [0.3, 0.4) is 0 Å². The summed E-state index contributed by atoms with van der Waals surface area (Å²) in [5, 5.41) is 7.59. The first-order chi connectivity index (χ1) is 9.74. The van der Waals surface area contributed by atoms with Crippen molar-refractivity contribution in [3.05, 3.63) is 52.4 Å². The molecule has 0 saturated carbocycles. The zero-order valence-corrected chi connectivity index (χ0v) is 12.1. The molecule has 0 aliphatic carbocycles. The molecule has 0 spiro atoms. The molecule has 0 bridgehead atoms. The van der Waals surface area contributed by atoms with E-state index < -0.39 is 0 Å². The van der Waals surface area contributed by atoms with Crippen LogP contribution in [0.25, 0.3) is 0 Å². The van der Waals surface area contributed by atoms with Crippen LogP contribution in [0.15, 0.2) is 30.6 Å². The first kappa shape index (κ1) is 13.3. The Balaban J connectivity index is 1.82. The molecular weight excluding hydrogens is 272 g/mol. The van der Waals surface area contributed by atoms with Crippen LogP contribution >= 0.6 is 11.6 Å². The lowest BCUT2D eigenvalue weighted by atomic mass is 10.1. The van der Waals surface area contributed by atoms with E-state index >= 15 is 0 Å². The van der Waals surface area contributed by atoms with Crippen molar-refractivity contribution in [2.45, 2.75) is 25.9 Å². The van der Waals surface area contributed by atoms with E-state index in [0.29, 0.717) is 0 Å². The van der Waals surface area contributed by atoms with Gasteiger partial charge in [-0.3, -0.25) is 0 Å². The molecule has 0 amide bonds. The Labute approximate surface area is 123 Å². The molecule has 1 aliphatic rings. The molecule has 0 unspecified atom stereocenters. The molecule has 0 fully saturated rings. The zero-order valence-electron chi connectivity index (χ0n) is 11.4. The van der Waals surface area contributed by atoms with E-state index in [-0.39, 0.29) is 6.04 Å². The Morgan fingerprint density at radius 1 is 1.25 bits per heavy atom. The number of halogens is 1. The lowest BCUT2D eigenvalue weighted by molar-refractivity contribution is 0.625. The van der Waals surface area contributed by atoms with E-state index in [9.17, 15) is 0 Å². The SMILES string of the molecule is C[C@@H](Nc1ncnc2c1CNCC2)c1ccc(Cl)cc1. The minimum Gasteiger partial charge on any atom is -0.363 e. The van der Waals surface area contributed by atoms with Gasteiger partial charge in [0.1, 0.15) is 12.1 Å². The average molecular weight is 289 g/mol. The Kier molecular flexibility index (Phi) is 3.85. The quantitative estimate of drug-likeness (QED) is 0.912. The summed E-state index contributed by atoms with van der Waals surface area (Å²) >= 11 is 5.92. The number of hydrogen-bond acceptors (Lipinski definition) is 4. The van der Waals surface area contributed by atoms with Gasteiger partial charge in [0.25, 0.3) is 0 Å². The van der Waals surface area contributed by atoms with E-state index in [1.54, 1.807) is 6.33 Å². The summed E-state index contributed by atoms with van der Waals surface area (Å²) in [4.78, 5) is 8.75. The summed E-state index contributed by atoms with van der Waals surface area (Å²) in [6.07, 6.45) is 2.60. The summed E-state index contributed by atoms with van der Waals surface area (Å²) in [7, 11) is 0. The summed E-state index contributed by atoms with van der Waals surface area (Å²) in [5.74, 6) is 0.921. The fraction of sp³-hybridized carbons (Fsp3) is 0.333. The van der Waals surface area contributed by atoms with Crippen LogP contribution < -0.4 is 10.6 Å². The van der Waals surface area contributed by atoms with E-state index in [2.05, 4.69) is 27.5 Å². The molecule has 1 aliphatic heterocycles. The molecule has 4 nitrogen and oxygen atoms in total. The molecule has 1 atom stereocenters. The molecule has 1 aromatic carbocycles. The number of aromatic nitrogens is 2. The van der Waals surface area contributed by atoms with E-state index in [0.717, 1.165) is 36.0 Å². The van der Waals surface area contributed by atoms with Gasteiger partial charge in [0, 0.05) is 36.1 Å². The van der Waals surface area contributed by atoms with Crippen LogP contribution in [-0.2, 0) is 13.0 Å². The van der Waals surface area contributed by atoms with Gasteiger partial charge in [0.2, 0.25) is 0 Å². The topological polar surface area (TPSA) is 49.8 Å². The number of hydrogen-bond donors (Lipinski definition) is 2. The predicted octanol–water partition coefficient (Wildman–Crippen LogP) is 2.95. The highest BCUT2D eigenvalue weighted by Gasteiger charge is 2.16. The maximum atomic E-state index is 5.92. The standard InChI is InChI=1S/C15H17ClN4/c1-10(11-2-4-12(16)5-3-11)20-15-13-8-17-7-6-14(13)18-9-19-15/h2-5,9-10,17H,6-8H2,1H3,(H,18,19,20)/t10-/m1/s1. The van der Waals surface area contributed by atoms with Crippen molar-refractivity contribution in [2.24, 2.45) is 0 Å². The van der Waals surface area contributed by atoms with E-state index in [4.69, 9.17) is 11.6 Å². The first-order valence-corrected chi connectivity index (χ1v) is 7.17. The van der Waals surface area contributed by atoms with Crippen molar-refractivity contribution >= 4 is 17.4 Å². The smallest absolute Gasteiger partial charge is 0.134 e. The van der Waals surface area contributed by atoms with Crippen molar-refractivity contribution in [2.75, 3.05) is 11.9 Å². The second-order valence-corrected chi connectivity index (χ2v) is 5.43. The molecule has 2 N–H and O–H groups in total. The highest BCUT2D eigenvalue weighted by Crippen LogP contribution is 2.24. The zero-order chi connectivity index (χ0) is 13.9. The second-order valence-electron chi connectivity index (χ2n) is 4.99. The first-order valence-electron chi connectivity index (χ1n) is 6.79. The van der Waals surface area contributed by atoms with E-state index in [1.165, 1.54) is 11.1 Å². The molecule has 3 rings (SSSR count). The normalized spacial score (nSPS) is 15.5. The van der Waals surface area contributed by atoms with Crippen LogP contribution in [0.2, 0.25) is 5.02 Å². The minimum absolute atomic E-state index is 0.174. The monoisotopic (exact) mass is 288 g/mol. The lowest BCUT2D eigenvalue weighted by Crippen LogP contribution is -2.26. The van der Waals surface area contributed by atoms with Crippen LogP contribution in [0, 0.1) is 0 Å². The number of benzene rings is 1. The van der Waals surface area contributed by atoms with Crippen molar-refractivity contribution in [1.29, 1.82) is 0 Å². The summed E-state index contributed by atoms with van der Waals surface area (Å²) in [6.45, 7) is 3.93. The minimum atomic E-state index is 0.174. The fourth-order valence-electron chi connectivity index (χ4n) is 2.43. The molecule has 2 heterocycles. The van der Waals surface area contributed by atoms with Gasteiger partial charge in [-0.1, -0.05) is 23.7 Å². The summed E-state index contributed by atoms with van der Waals surface area (Å²) in [5.41, 5.74) is 3.51. The number of nitrogens with zero attached hydrogens (tertiary/aromatic N) is 2. The number of fused-ring (bicyclic) bond motifs is 1. The average Bonchev–Trinajstić information content (AvgIpc) is 2.48. The Morgan fingerprint density at radius 2 is 2.05 bits per heavy atom. The van der Waals surface area contributed by atoms with Gasteiger partial charge in [0.05, 0.1) is 5.69 Å². The van der Waals surface area contributed by atoms with Gasteiger partial charge in [0.15, 0.2) is 0 Å². The van der Waals surface area contributed by atoms with Crippen LogP contribution in [-0.4, -0.2) is 16.5 Å². The number of rotatable bonds is 3. The Hall–Kier alpha value is -1.65. The van der Waals surface area contributed by atoms with Crippen LogP contribution in [0.5, 0.6) is 0 Å². The highest BCUT2D eigenvalue weighted by atomic mass is 35.5. The molecule has 0 saturated heterocycles. The molecule has 104 valence electrons. The van der Waals surface area contributed by atoms with Gasteiger partial charge >= 0.3 is 0 Å². The predicted molar refractivity (Wildman–Crippen MR) is 80.9 cm³/mol. The van der Waals surface area contributed by atoms with Crippen LogP contribution in [0.1, 0.15) is 29.8 Å². The molecule has 1 aromatic heterocycles. The Bertz CT molecular complexity index is 597. The van der Waals surface area contributed by atoms with E-state index in [1.807, 2.05) is 24.3 Å². The third-order valence-corrected chi connectivity index (χ3v) is 3.85. The third kappa shape index (κ3) is 2.76. The van der Waals surface area contributed by atoms with Crippen LogP contribution in [0.4, 0.5) is 5.82 Å². The number of anilines is 1.